The summed E-state index contributed by atoms with van der Waals surface area (Å²) in [6.45, 7) is 9.80. The number of halogens is 1. The normalized spacial score (nSPS) is 12.2. The second-order valence-corrected chi connectivity index (χ2v) is 27.9. The van der Waals surface area contributed by atoms with Crippen LogP contribution in [0.5, 0.6) is 0 Å². The van der Waals surface area contributed by atoms with Gasteiger partial charge in [-0.05, 0) is 207 Å². The van der Waals surface area contributed by atoms with E-state index in [2.05, 4.69) is 149 Å². The van der Waals surface area contributed by atoms with E-state index in [1.165, 1.54) is 47.3 Å². The summed E-state index contributed by atoms with van der Waals surface area (Å²) in [6, 6.07) is 45.3. The van der Waals surface area contributed by atoms with Gasteiger partial charge in [-0.3, -0.25) is 54.6 Å². The highest BCUT2D eigenvalue weighted by molar-refractivity contribution is 7.76. The van der Waals surface area contributed by atoms with Gasteiger partial charge in [-0.15, -0.1) is 0 Å². The Morgan fingerprint density at radius 3 is 1.27 bits per heavy atom. The number of anilines is 4. The SMILES string of the molecule is C.CNC(C)C(=O)Cc1ccc2ncccc2c1N.CNC(C)C(=O)O.CNC(C)C1=Nc2ccc3c(ccc[n+]3[O-])c2C1.CNC(C)C1=Nc2ccc3nc(Cl)ccc3c2C1.CNC(C)C1=Nc2ccc3ncccc3c2C1.Nc1c([N+](=O)[O-])ccc2ncccc12.Nc1ccc2ncccc2c1N.[B].[B]B([B])B([B])[B].[B]B([B])[B].[B][B].[B][B]B([B])[B].[B][B][B]. The molecule has 25 nitrogen and oxygen atoms in total. The first-order valence-electron chi connectivity index (χ1n) is 38.7. The van der Waals surface area contributed by atoms with Crippen molar-refractivity contribution in [3.05, 3.63) is 219 Å². The summed E-state index contributed by atoms with van der Waals surface area (Å²) in [5.74, 6) is -0.685. The number of carboxylic acids is 1. The summed E-state index contributed by atoms with van der Waals surface area (Å²) in [6.07, 6.45) is 9.12. The molecule has 0 saturated heterocycles. The maximum Gasteiger partial charge on any atom is 0.320 e. The van der Waals surface area contributed by atoms with Crippen LogP contribution in [0, 0.1) is 15.3 Å². The van der Waals surface area contributed by atoms with Crippen LogP contribution in [-0.4, -0.2) is 286 Å². The number of benzene rings is 6. The lowest BCUT2D eigenvalue weighted by atomic mass is 8.81. The molecule has 126 heavy (non-hydrogen) atoms. The van der Waals surface area contributed by atoms with Gasteiger partial charge in [0.05, 0.1) is 72.4 Å². The van der Waals surface area contributed by atoms with Crippen LogP contribution in [0.3, 0.4) is 0 Å². The quantitative estimate of drug-likeness (QED) is 0.0130. The Morgan fingerprint density at radius 1 is 0.516 bits per heavy atom. The van der Waals surface area contributed by atoms with Crippen molar-refractivity contribution in [3.63, 3.8) is 0 Å². The number of hydrogen-bond donors (Lipinski definition) is 10. The van der Waals surface area contributed by atoms with Gasteiger partial charge < -0.3 is 59.8 Å². The number of fused-ring (bicyclic) bond motifs is 12. The van der Waals surface area contributed by atoms with Crippen molar-refractivity contribution in [3.8, 4) is 0 Å². The average molecular weight is 1660 g/mol. The minimum absolute atomic E-state index is 0. The highest BCUT2D eigenvalue weighted by atomic mass is 35.5. The molecule has 14 N–H and O–H groups in total. The van der Waals surface area contributed by atoms with E-state index >= 15 is 0 Å². The molecule has 0 spiro atoms. The van der Waals surface area contributed by atoms with Crippen molar-refractivity contribution in [1.82, 2.24) is 51.5 Å². The van der Waals surface area contributed by atoms with Crippen molar-refractivity contribution in [1.29, 1.82) is 0 Å². The van der Waals surface area contributed by atoms with Gasteiger partial charge in [-0.25, -0.2) is 4.98 Å². The molecule has 6 aromatic heterocycles. The fourth-order valence-corrected chi connectivity index (χ4v) is 11.7. The molecule has 12 aromatic rings. The van der Waals surface area contributed by atoms with Crippen LogP contribution in [0.15, 0.2) is 192 Å². The van der Waals surface area contributed by atoms with Gasteiger partial charge in [-0.2, -0.15) is 4.73 Å². The molecule has 5 atom stereocenters. The molecule has 6 aromatic carbocycles. The van der Waals surface area contributed by atoms with E-state index in [1.54, 1.807) is 69.9 Å². The number of ketones is 1. The zero-order valence-corrected chi connectivity index (χ0v) is 72.5. The topological polar surface area (TPSA) is 390 Å². The first kappa shape index (κ1) is 112. The Labute approximate surface area is 769 Å². The second-order valence-electron chi connectivity index (χ2n) is 27.5. The Kier molecular flexibility index (Phi) is 51.0. The Balaban J connectivity index is 0.000000484. The molecule has 3 aliphatic rings. The lowest BCUT2D eigenvalue weighted by Gasteiger charge is -2.11. The van der Waals surface area contributed by atoms with Crippen LogP contribution in [0.1, 0.15) is 64.3 Å². The van der Waals surface area contributed by atoms with E-state index in [0.29, 0.717) is 57.1 Å². The first-order valence-corrected chi connectivity index (χ1v) is 39.1. The number of nitrogens with two attached hydrogens (primary N) is 4. The Bertz CT molecular complexity index is 5570. The van der Waals surface area contributed by atoms with Crippen LogP contribution >= 0.6 is 11.6 Å². The highest BCUT2D eigenvalue weighted by Gasteiger charge is 2.25. The molecule has 47 heteroatoms. The standard InChI is InChI=1S/C14H14ClN3.C14H15N3O.C14H17N3O.C14H15N3.C9H7N3O2.C9H9N3.C4H9NO2.CH4.B6.B5.B4.B3.B2.B/c1-8(16-2)13-7-10-9-3-6-14(15)18-11(9)4-5-12(10)17-13;1-9(15-2)13-8-11-10-4-3-7-17(18)14(10)6-5-12(11)16-13;1-9(16-2)13(18)8-10-5-6-12-11(14(10)15)4-3-7-17-12;1-9(15-2)14-8-11-10-4-3-7-16-12(10)5-6-13(11)17-14;10-9-6-2-1-5-11-7(6)3-4-8(9)12(13)14;10-7-3-4-8-6(9(7)11)2-1-5-12-8;1-3(5-2)4(6)7;;1-5(2)6(3)4;1-4-5(2)3;1-4(2)3;1-3-2;1-2;/h3-6,8,16H,7H2,1-2H3;3-7,9,15H,8H2,1-2H3;3-7,9,16H,8,15H2,1-2H3;3-7,9,15H,8H2,1-2H3;1-5H,10H2;1-5H,10-11H2;3,5H,1-2H3,(H,6,7);1H4;;;;;;. The lowest BCUT2D eigenvalue weighted by Crippen LogP contribution is -2.38. The summed E-state index contributed by atoms with van der Waals surface area (Å²) >= 11 is 5.92. The van der Waals surface area contributed by atoms with E-state index in [0.717, 1.165) is 109 Å². The monoisotopic (exact) mass is 1670 g/mol. The average Bonchev–Trinajstić information content (AvgIpc) is 1.63. The van der Waals surface area contributed by atoms with Gasteiger partial charge in [0.2, 0.25) is 5.52 Å². The van der Waals surface area contributed by atoms with Gasteiger partial charge in [0, 0.05) is 293 Å². The number of Topliss-reactive ketones (excluding diaryl/α,β-unsaturated/α-hetero) is 1. The predicted molar refractivity (Wildman–Crippen MR) is 550 cm³/mol. The van der Waals surface area contributed by atoms with Crippen molar-refractivity contribution >= 4 is 308 Å². The minimum Gasteiger partial charge on any atom is -0.618 e. The van der Waals surface area contributed by atoms with Crippen molar-refractivity contribution in [2.24, 2.45) is 15.0 Å². The third-order valence-electron chi connectivity index (χ3n) is 19.0. The number of rotatable bonds is 15. The molecule has 9 heterocycles. The Morgan fingerprint density at radius 2 is 0.873 bits per heavy atom. The summed E-state index contributed by atoms with van der Waals surface area (Å²) < 4.78 is 0.912. The van der Waals surface area contributed by atoms with E-state index in [4.69, 9.17) is 98.8 Å². The molecule has 5 unspecified atom stereocenters. The van der Waals surface area contributed by atoms with Gasteiger partial charge in [0.15, 0.2) is 12.0 Å². The van der Waals surface area contributed by atoms with Crippen LogP contribution < -0.4 is 54.2 Å². The second kappa shape index (κ2) is 57.5. The molecule has 607 valence electrons. The summed E-state index contributed by atoms with van der Waals surface area (Å²) in [7, 11) is 76.9. The maximum atomic E-state index is 11.9. The van der Waals surface area contributed by atoms with Gasteiger partial charge in [-0.1, -0.05) is 31.2 Å². The molecule has 0 bridgehead atoms. The molecule has 3 aliphatic heterocycles. The number of nitro groups is 1. The maximum absolute atomic E-state index is 11.9. The number of aliphatic imine (C=N–C) groups is 3. The van der Waals surface area contributed by atoms with E-state index < -0.39 is 42.5 Å². The number of likely N-dealkylation sites (N-methyl/N-ethyl adjacent to an activating group) is 2. The van der Waals surface area contributed by atoms with Crippen molar-refractivity contribution < 1.29 is 24.3 Å². The fraction of sp³-hybridized carbons (Fsp3) is 0.253. The number of nitrogens with one attached hydrogen (secondary N) is 5. The third kappa shape index (κ3) is 33.8. The first-order chi connectivity index (χ1) is 59.0. The van der Waals surface area contributed by atoms with Gasteiger partial charge in [0.1, 0.15) is 16.9 Å². The Hall–Kier alpha value is -10.2. The highest BCUT2D eigenvalue weighted by Crippen LogP contribution is 2.37. The summed E-state index contributed by atoms with van der Waals surface area (Å²) in [5.41, 5.74) is 41.4. The number of nitro benzene ring substituents is 1. The van der Waals surface area contributed by atoms with Gasteiger partial charge >= 0.3 is 5.97 Å². The lowest BCUT2D eigenvalue weighted by molar-refractivity contribution is -0.577. The number of nitrogens with zero attached hydrogens (tertiary/aromatic N) is 10. The van der Waals surface area contributed by atoms with E-state index in [9.17, 15) is 24.9 Å². The molecular formula is C79H90B21ClN19O6. The summed E-state index contributed by atoms with van der Waals surface area (Å²) in [4.78, 5) is 67.0. The zero-order chi connectivity index (χ0) is 92.6. The molecule has 0 saturated carbocycles. The van der Waals surface area contributed by atoms with Crippen LogP contribution in [0.2, 0.25) is 5.15 Å². The molecule has 0 aliphatic carbocycles. The smallest absolute Gasteiger partial charge is 0.320 e. The molecule has 0 amide bonds. The number of carboxylic acid groups (broad SMARTS) is 1. The van der Waals surface area contributed by atoms with E-state index in [1.807, 2.05) is 131 Å². The molecule has 0 fully saturated rings. The van der Waals surface area contributed by atoms with Gasteiger partial charge in [0.25, 0.3) is 5.69 Å². The number of carbonyl (C=O) groups is 2. The molecule has 15 rings (SSSR count). The third-order valence-corrected chi connectivity index (χ3v) is 19.2. The zero-order valence-electron chi connectivity index (χ0n) is 71.7. The number of carbonyl (C=O) groups excluding carboxylic acids is 1. The fourth-order valence-electron chi connectivity index (χ4n) is 11.5. The summed E-state index contributed by atoms with van der Waals surface area (Å²) in [5, 5.41) is 51.9. The van der Waals surface area contributed by atoms with E-state index in [-0.39, 0.29) is 45.1 Å². The number of nitrogen functional groups attached to an aromatic ring is 4. The number of hydrogen-bond acceptors (Lipinski definition) is 22. The van der Waals surface area contributed by atoms with Crippen molar-refractivity contribution in [2.75, 3.05) is 58.2 Å². The number of aliphatic carboxylic acids is 1. The molecular weight excluding hydrogens is 1570 g/mol. The van der Waals surface area contributed by atoms with Crippen LogP contribution in [0.4, 0.5) is 45.5 Å². The van der Waals surface area contributed by atoms with Crippen molar-refractivity contribution in [2.45, 2.75) is 97.9 Å². The number of pyridine rings is 6. The van der Waals surface area contributed by atoms with Crippen LogP contribution in [-0.2, 0) is 35.3 Å². The predicted octanol–water partition coefficient (Wildman–Crippen LogP) is 4.28. The largest absolute Gasteiger partial charge is 0.618 e. The minimum atomic E-state index is -0.817. The van der Waals surface area contributed by atoms with Crippen LogP contribution in [0.25, 0.3) is 65.4 Å². The molecule has 33 radical (unpaired) electrons. The number of aromatic nitrogens is 6.